The van der Waals surface area contributed by atoms with Crippen LogP contribution in [0.4, 0.5) is 4.79 Å². The monoisotopic (exact) mass is 201 g/mol. The lowest BCUT2D eigenvalue weighted by Crippen LogP contribution is -2.38. The molecule has 0 atom stereocenters. The SMILES string of the molecule is CCN(CC)C(=O)OC(C)(CC)CC. The Hall–Kier alpha value is -0.730. The fourth-order valence-electron chi connectivity index (χ4n) is 1.15. The highest BCUT2D eigenvalue weighted by molar-refractivity contribution is 5.68. The van der Waals surface area contributed by atoms with Crippen molar-refractivity contribution in [3.63, 3.8) is 0 Å². The van der Waals surface area contributed by atoms with Gasteiger partial charge in [-0.05, 0) is 33.6 Å². The van der Waals surface area contributed by atoms with Crippen molar-refractivity contribution in [3.8, 4) is 0 Å². The third-order valence-corrected chi connectivity index (χ3v) is 2.85. The van der Waals surface area contributed by atoms with Gasteiger partial charge in [0, 0.05) is 13.1 Å². The van der Waals surface area contributed by atoms with E-state index in [4.69, 9.17) is 4.74 Å². The Labute approximate surface area is 87.4 Å². The second-order valence-corrected chi connectivity index (χ2v) is 3.70. The predicted molar refractivity (Wildman–Crippen MR) is 58.4 cm³/mol. The Morgan fingerprint density at radius 1 is 1.14 bits per heavy atom. The van der Waals surface area contributed by atoms with E-state index in [0.717, 1.165) is 12.8 Å². The van der Waals surface area contributed by atoms with Gasteiger partial charge in [0.1, 0.15) is 5.60 Å². The molecule has 0 heterocycles. The molecule has 0 radical (unpaired) electrons. The van der Waals surface area contributed by atoms with Gasteiger partial charge in [0.05, 0.1) is 0 Å². The van der Waals surface area contributed by atoms with Crippen molar-refractivity contribution >= 4 is 6.09 Å². The molecule has 0 unspecified atom stereocenters. The number of nitrogens with zero attached hydrogens (tertiary/aromatic N) is 1. The zero-order chi connectivity index (χ0) is 11.2. The molecular formula is C11H23NO2. The van der Waals surface area contributed by atoms with Crippen LogP contribution in [-0.4, -0.2) is 29.7 Å². The maximum atomic E-state index is 11.6. The van der Waals surface area contributed by atoms with Gasteiger partial charge in [-0.15, -0.1) is 0 Å². The average molecular weight is 201 g/mol. The summed E-state index contributed by atoms with van der Waals surface area (Å²) in [5, 5.41) is 0. The minimum atomic E-state index is -0.306. The van der Waals surface area contributed by atoms with Gasteiger partial charge in [0.2, 0.25) is 0 Å². The summed E-state index contributed by atoms with van der Waals surface area (Å²) in [7, 11) is 0. The van der Waals surface area contributed by atoms with E-state index in [1.165, 1.54) is 0 Å². The number of amides is 1. The van der Waals surface area contributed by atoms with E-state index in [2.05, 4.69) is 0 Å². The van der Waals surface area contributed by atoms with Crippen LogP contribution in [0.1, 0.15) is 47.5 Å². The molecule has 0 aromatic rings. The summed E-state index contributed by atoms with van der Waals surface area (Å²) in [5.74, 6) is 0. The van der Waals surface area contributed by atoms with Gasteiger partial charge in [-0.2, -0.15) is 0 Å². The molecule has 0 fully saturated rings. The fraction of sp³-hybridized carbons (Fsp3) is 0.909. The zero-order valence-corrected chi connectivity index (χ0v) is 10.1. The summed E-state index contributed by atoms with van der Waals surface area (Å²) < 4.78 is 5.47. The Kier molecular flexibility index (Phi) is 5.58. The molecule has 14 heavy (non-hydrogen) atoms. The van der Waals surface area contributed by atoms with Crippen LogP contribution in [0.15, 0.2) is 0 Å². The van der Waals surface area contributed by atoms with E-state index >= 15 is 0 Å². The molecule has 0 aliphatic rings. The van der Waals surface area contributed by atoms with Gasteiger partial charge >= 0.3 is 6.09 Å². The number of hydrogen-bond acceptors (Lipinski definition) is 2. The van der Waals surface area contributed by atoms with Gasteiger partial charge in [-0.1, -0.05) is 13.8 Å². The van der Waals surface area contributed by atoms with Crippen molar-refractivity contribution in [3.05, 3.63) is 0 Å². The molecule has 0 saturated carbocycles. The summed E-state index contributed by atoms with van der Waals surface area (Å²) >= 11 is 0. The lowest BCUT2D eigenvalue weighted by Gasteiger charge is -2.30. The van der Waals surface area contributed by atoms with Crippen LogP contribution < -0.4 is 0 Å². The molecule has 0 N–H and O–H groups in total. The molecule has 0 bridgehead atoms. The normalized spacial score (nSPS) is 11.2. The molecule has 0 saturated heterocycles. The first-order valence-corrected chi connectivity index (χ1v) is 5.50. The second kappa shape index (κ2) is 5.89. The van der Waals surface area contributed by atoms with E-state index < -0.39 is 0 Å². The van der Waals surface area contributed by atoms with E-state index in [1.54, 1.807) is 4.90 Å². The summed E-state index contributed by atoms with van der Waals surface area (Å²) in [4.78, 5) is 13.3. The topological polar surface area (TPSA) is 29.5 Å². The summed E-state index contributed by atoms with van der Waals surface area (Å²) in [5.41, 5.74) is -0.306. The van der Waals surface area contributed by atoms with Crippen LogP contribution in [0.2, 0.25) is 0 Å². The number of ether oxygens (including phenoxy) is 1. The second-order valence-electron chi connectivity index (χ2n) is 3.70. The van der Waals surface area contributed by atoms with Gasteiger partial charge in [0.25, 0.3) is 0 Å². The van der Waals surface area contributed by atoms with Crippen LogP contribution in [0, 0.1) is 0 Å². The molecular weight excluding hydrogens is 178 g/mol. The van der Waals surface area contributed by atoms with E-state index in [9.17, 15) is 4.79 Å². The maximum absolute atomic E-state index is 11.6. The molecule has 0 spiro atoms. The lowest BCUT2D eigenvalue weighted by molar-refractivity contribution is -0.00147. The van der Waals surface area contributed by atoms with Crippen LogP contribution >= 0.6 is 0 Å². The Balaban J connectivity index is 4.28. The number of carbonyl (C=O) groups is 1. The zero-order valence-electron chi connectivity index (χ0n) is 10.1. The molecule has 1 amide bonds. The molecule has 0 aliphatic carbocycles. The van der Waals surface area contributed by atoms with Gasteiger partial charge in [-0.25, -0.2) is 4.79 Å². The summed E-state index contributed by atoms with van der Waals surface area (Å²) in [6.07, 6.45) is 1.52. The highest BCUT2D eigenvalue weighted by atomic mass is 16.6. The van der Waals surface area contributed by atoms with Gasteiger partial charge in [0.15, 0.2) is 0 Å². The first-order chi connectivity index (χ1) is 6.52. The van der Waals surface area contributed by atoms with Crippen LogP contribution in [-0.2, 0) is 4.74 Å². The summed E-state index contributed by atoms with van der Waals surface area (Å²) in [6.45, 7) is 11.4. The Morgan fingerprint density at radius 3 is 1.86 bits per heavy atom. The number of carbonyl (C=O) groups excluding carboxylic acids is 1. The molecule has 0 aliphatic heterocycles. The molecule has 84 valence electrons. The van der Waals surface area contributed by atoms with Crippen molar-refractivity contribution in [1.82, 2.24) is 4.90 Å². The van der Waals surface area contributed by atoms with Gasteiger partial charge in [-0.3, -0.25) is 0 Å². The molecule has 0 aromatic carbocycles. The van der Waals surface area contributed by atoms with E-state index in [0.29, 0.717) is 13.1 Å². The Bertz CT molecular complexity index is 172. The first-order valence-electron chi connectivity index (χ1n) is 5.50. The standard InChI is InChI=1S/C11H23NO2/c1-6-11(5,7-2)14-10(13)12(8-3)9-4/h6-9H2,1-5H3. The predicted octanol–water partition coefficient (Wildman–Crippen LogP) is 3.04. The Morgan fingerprint density at radius 2 is 1.57 bits per heavy atom. The summed E-state index contributed by atoms with van der Waals surface area (Å²) in [6, 6.07) is 0. The largest absolute Gasteiger partial charge is 0.443 e. The fourth-order valence-corrected chi connectivity index (χ4v) is 1.15. The average Bonchev–Trinajstić information content (AvgIpc) is 2.19. The first kappa shape index (κ1) is 13.3. The molecule has 0 aromatic heterocycles. The third kappa shape index (κ3) is 3.56. The highest BCUT2D eigenvalue weighted by Gasteiger charge is 2.26. The molecule has 3 heteroatoms. The lowest BCUT2D eigenvalue weighted by atomic mass is 10.0. The minimum Gasteiger partial charge on any atom is -0.443 e. The van der Waals surface area contributed by atoms with Crippen molar-refractivity contribution in [2.45, 2.75) is 53.1 Å². The minimum absolute atomic E-state index is 0.193. The van der Waals surface area contributed by atoms with Crippen LogP contribution in [0.25, 0.3) is 0 Å². The van der Waals surface area contributed by atoms with Crippen LogP contribution in [0.3, 0.4) is 0 Å². The van der Waals surface area contributed by atoms with Crippen LogP contribution in [0.5, 0.6) is 0 Å². The highest BCUT2D eigenvalue weighted by Crippen LogP contribution is 2.20. The van der Waals surface area contributed by atoms with Crippen molar-refractivity contribution < 1.29 is 9.53 Å². The van der Waals surface area contributed by atoms with Gasteiger partial charge < -0.3 is 9.64 Å². The number of rotatable bonds is 5. The van der Waals surface area contributed by atoms with E-state index in [1.807, 2.05) is 34.6 Å². The van der Waals surface area contributed by atoms with Crippen molar-refractivity contribution in [2.24, 2.45) is 0 Å². The van der Waals surface area contributed by atoms with Crippen molar-refractivity contribution in [1.29, 1.82) is 0 Å². The smallest absolute Gasteiger partial charge is 0.410 e. The molecule has 0 rings (SSSR count). The maximum Gasteiger partial charge on any atom is 0.410 e. The van der Waals surface area contributed by atoms with Crippen molar-refractivity contribution in [2.75, 3.05) is 13.1 Å². The third-order valence-electron chi connectivity index (χ3n) is 2.85. The quantitative estimate of drug-likeness (QED) is 0.684. The van der Waals surface area contributed by atoms with E-state index in [-0.39, 0.29) is 11.7 Å². The molecule has 3 nitrogen and oxygen atoms in total. The number of hydrogen-bond donors (Lipinski definition) is 0.